The van der Waals surface area contributed by atoms with Crippen LogP contribution in [0.4, 0.5) is 4.39 Å². The summed E-state index contributed by atoms with van der Waals surface area (Å²) in [7, 11) is 0. The lowest BCUT2D eigenvalue weighted by atomic mass is 9.94. The van der Waals surface area contributed by atoms with E-state index in [1.165, 1.54) is 6.07 Å². The minimum Gasteiger partial charge on any atom is -0.481 e. The third-order valence-electron chi connectivity index (χ3n) is 7.23. The molecule has 212 valence electrons. The monoisotopic (exact) mass is 563 g/mol. The largest absolute Gasteiger partial charge is 0.481 e. The molecule has 0 bridgehead atoms. The number of nitrogens with zero attached hydrogens (tertiary/aromatic N) is 1. The van der Waals surface area contributed by atoms with E-state index < -0.39 is 17.7 Å². The van der Waals surface area contributed by atoms with Gasteiger partial charge in [-0.25, -0.2) is 4.39 Å². The Bertz CT molecular complexity index is 1750. The maximum atomic E-state index is 14.1. The predicted molar refractivity (Wildman–Crippen MR) is 160 cm³/mol. The first-order chi connectivity index (χ1) is 20.4. The molecule has 0 saturated carbocycles. The van der Waals surface area contributed by atoms with Crippen molar-refractivity contribution in [1.82, 2.24) is 15.2 Å². The Morgan fingerprint density at radius 3 is 2.17 bits per heavy atom. The number of hydrogen-bond acceptors (Lipinski definition) is 3. The molecule has 1 heterocycles. The molecule has 0 aliphatic heterocycles. The van der Waals surface area contributed by atoms with E-state index >= 15 is 0 Å². The normalized spacial score (nSPS) is 10.9. The minimum absolute atomic E-state index is 0.0111. The lowest BCUT2D eigenvalue weighted by Gasteiger charge is -2.24. The number of halogens is 1. The number of rotatable bonds is 11. The van der Waals surface area contributed by atoms with Gasteiger partial charge in [-0.05, 0) is 47.4 Å². The molecule has 0 fully saturated rings. The number of carboxylic acids is 1. The van der Waals surface area contributed by atoms with Gasteiger partial charge in [0.1, 0.15) is 5.82 Å². The highest BCUT2D eigenvalue weighted by atomic mass is 19.1. The van der Waals surface area contributed by atoms with E-state index in [9.17, 15) is 23.9 Å². The van der Waals surface area contributed by atoms with Crippen molar-refractivity contribution in [2.45, 2.75) is 19.4 Å². The molecular formula is C34H30FN3O4. The van der Waals surface area contributed by atoms with Gasteiger partial charge in [0.2, 0.25) is 0 Å². The maximum absolute atomic E-state index is 14.1. The number of aromatic nitrogens is 1. The molecule has 3 N–H and O–H groups in total. The molecule has 0 saturated heterocycles. The first kappa shape index (κ1) is 28.3. The average molecular weight is 564 g/mol. The summed E-state index contributed by atoms with van der Waals surface area (Å²) in [5.41, 5.74) is 4.17. The van der Waals surface area contributed by atoms with Crippen LogP contribution in [-0.4, -0.2) is 45.9 Å². The van der Waals surface area contributed by atoms with E-state index in [1.807, 2.05) is 30.5 Å². The van der Waals surface area contributed by atoms with E-state index in [4.69, 9.17) is 0 Å². The van der Waals surface area contributed by atoms with Gasteiger partial charge in [-0.2, -0.15) is 0 Å². The van der Waals surface area contributed by atoms with Crippen LogP contribution < -0.4 is 5.32 Å². The number of amides is 2. The van der Waals surface area contributed by atoms with Gasteiger partial charge in [-0.3, -0.25) is 14.4 Å². The smallest absolute Gasteiger partial charge is 0.305 e. The van der Waals surface area contributed by atoms with Gasteiger partial charge in [0, 0.05) is 53.4 Å². The van der Waals surface area contributed by atoms with Crippen molar-refractivity contribution in [3.63, 3.8) is 0 Å². The molecule has 8 heteroatoms. The lowest BCUT2D eigenvalue weighted by molar-refractivity contribution is -0.137. The number of H-pyrrole nitrogens is 1. The van der Waals surface area contributed by atoms with Crippen LogP contribution >= 0.6 is 0 Å². The summed E-state index contributed by atoms with van der Waals surface area (Å²) in [5, 5.41) is 13.2. The minimum atomic E-state index is -0.995. The number of aliphatic carboxylic acids is 1. The van der Waals surface area contributed by atoms with E-state index in [0.717, 1.165) is 16.5 Å². The molecule has 0 spiro atoms. The topological polar surface area (TPSA) is 102 Å². The van der Waals surface area contributed by atoms with Crippen molar-refractivity contribution in [1.29, 1.82) is 0 Å². The van der Waals surface area contributed by atoms with E-state index in [2.05, 4.69) is 10.3 Å². The summed E-state index contributed by atoms with van der Waals surface area (Å²) in [5.74, 6) is -2.13. The van der Waals surface area contributed by atoms with Crippen LogP contribution in [0.25, 0.3) is 22.0 Å². The molecule has 5 rings (SSSR count). The van der Waals surface area contributed by atoms with Gasteiger partial charge in [0.15, 0.2) is 0 Å². The zero-order valence-electron chi connectivity index (χ0n) is 22.8. The van der Waals surface area contributed by atoms with Crippen LogP contribution in [0.2, 0.25) is 0 Å². The van der Waals surface area contributed by atoms with Crippen LogP contribution in [0.15, 0.2) is 103 Å². The maximum Gasteiger partial charge on any atom is 0.305 e. The van der Waals surface area contributed by atoms with Gasteiger partial charge in [-0.15, -0.1) is 0 Å². The van der Waals surface area contributed by atoms with Crippen LogP contribution in [0.3, 0.4) is 0 Å². The summed E-state index contributed by atoms with van der Waals surface area (Å²) in [6.07, 6.45) is 2.25. The molecule has 5 aromatic rings. The second-order valence-corrected chi connectivity index (χ2v) is 9.91. The molecule has 2 amide bonds. The zero-order chi connectivity index (χ0) is 29.5. The predicted octanol–water partition coefficient (Wildman–Crippen LogP) is 6.06. The van der Waals surface area contributed by atoms with Crippen molar-refractivity contribution in [3.05, 3.63) is 131 Å². The fourth-order valence-corrected chi connectivity index (χ4v) is 5.04. The van der Waals surface area contributed by atoms with Crippen molar-refractivity contribution in [2.75, 3.05) is 13.1 Å². The summed E-state index contributed by atoms with van der Waals surface area (Å²) in [4.78, 5) is 43.5. The van der Waals surface area contributed by atoms with Gasteiger partial charge < -0.3 is 20.3 Å². The third-order valence-corrected chi connectivity index (χ3v) is 7.23. The van der Waals surface area contributed by atoms with Crippen LogP contribution in [-0.2, 0) is 17.8 Å². The van der Waals surface area contributed by atoms with Crippen molar-refractivity contribution in [2.24, 2.45) is 0 Å². The van der Waals surface area contributed by atoms with E-state index in [-0.39, 0.29) is 25.4 Å². The van der Waals surface area contributed by atoms with Crippen LogP contribution in [0.5, 0.6) is 0 Å². The SMILES string of the molecule is O=C(O)CCN(CCc1c[nH]c2ccccc12)C(=O)c1ccccc1-c1ccccc1C(=O)NCc1ccccc1F. The fourth-order valence-electron chi connectivity index (χ4n) is 5.04. The number of aromatic amines is 1. The molecule has 0 aliphatic rings. The quantitative estimate of drug-likeness (QED) is 0.182. The van der Waals surface area contributed by atoms with Crippen LogP contribution in [0, 0.1) is 5.82 Å². The Hall–Kier alpha value is -5.24. The standard InChI is InChI=1S/C34H30FN3O4/c35-30-15-7-1-9-24(30)22-37-33(41)28-13-4-2-11-26(28)27-12-3-5-14-29(27)34(42)38(20-18-32(39)40)19-17-23-21-36-31-16-8-6-10-25(23)31/h1-16,21,36H,17-20,22H2,(H,37,41)(H,39,40). The molecule has 1 aromatic heterocycles. The molecule has 7 nitrogen and oxygen atoms in total. The number of hydrogen-bond donors (Lipinski definition) is 3. The molecule has 0 aliphatic carbocycles. The summed E-state index contributed by atoms with van der Waals surface area (Å²) >= 11 is 0. The number of para-hydroxylation sites is 1. The number of carbonyl (C=O) groups excluding carboxylic acids is 2. The number of benzene rings is 4. The Morgan fingerprint density at radius 1 is 0.762 bits per heavy atom. The lowest BCUT2D eigenvalue weighted by Crippen LogP contribution is -2.35. The number of fused-ring (bicyclic) bond motifs is 1. The third kappa shape index (κ3) is 6.39. The van der Waals surface area contributed by atoms with E-state index in [1.54, 1.807) is 71.6 Å². The van der Waals surface area contributed by atoms with Gasteiger partial charge in [0.05, 0.1) is 6.42 Å². The zero-order valence-corrected chi connectivity index (χ0v) is 22.8. The Balaban J connectivity index is 1.42. The first-order valence-electron chi connectivity index (χ1n) is 13.7. The number of carboxylic acid groups (broad SMARTS) is 1. The molecule has 0 unspecified atom stereocenters. The van der Waals surface area contributed by atoms with Crippen molar-refractivity contribution in [3.8, 4) is 11.1 Å². The summed E-state index contributed by atoms with van der Waals surface area (Å²) < 4.78 is 14.1. The second-order valence-electron chi connectivity index (χ2n) is 9.91. The van der Waals surface area contributed by atoms with Gasteiger partial charge >= 0.3 is 5.97 Å². The second kappa shape index (κ2) is 13.0. The summed E-state index contributed by atoms with van der Waals surface area (Å²) in [6, 6.07) is 28.0. The Morgan fingerprint density at radius 2 is 1.40 bits per heavy atom. The van der Waals surface area contributed by atoms with E-state index in [0.29, 0.717) is 40.8 Å². The fraction of sp³-hybridized carbons (Fsp3) is 0.147. The van der Waals surface area contributed by atoms with Crippen LogP contribution in [0.1, 0.15) is 38.3 Å². The van der Waals surface area contributed by atoms with Crippen molar-refractivity contribution >= 4 is 28.7 Å². The molecule has 0 radical (unpaired) electrons. The highest BCUT2D eigenvalue weighted by Gasteiger charge is 2.23. The molecular weight excluding hydrogens is 533 g/mol. The van der Waals surface area contributed by atoms with Crippen molar-refractivity contribution < 1.29 is 23.9 Å². The Labute approximate surface area is 242 Å². The number of nitrogens with one attached hydrogen (secondary N) is 2. The first-order valence-corrected chi connectivity index (χ1v) is 13.7. The Kier molecular flexibility index (Phi) is 8.72. The number of carbonyl (C=O) groups is 3. The van der Waals surface area contributed by atoms with Gasteiger partial charge in [0.25, 0.3) is 11.8 Å². The molecule has 4 aromatic carbocycles. The highest BCUT2D eigenvalue weighted by Crippen LogP contribution is 2.29. The average Bonchev–Trinajstić information content (AvgIpc) is 3.43. The highest BCUT2D eigenvalue weighted by molar-refractivity contribution is 6.06. The summed E-state index contributed by atoms with van der Waals surface area (Å²) in [6.45, 7) is 0.361. The van der Waals surface area contributed by atoms with Gasteiger partial charge in [-0.1, -0.05) is 72.8 Å². The molecule has 0 atom stereocenters. The molecule has 42 heavy (non-hydrogen) atoms.